The van der Waals surface area contributed by atoms with Crippen LogP contribution in [0.15, 0.2) is 40.2 Å². The average molecular weight is 438 g/mol. The molecule has 1 aliphatic rings. The van der Waals surface area contributed by atoms with Crippen molar-refractivity contribution in [2.24, 2.45) is 0 Å². The van der Waals surface area contributed by atoms with E-state index in [1.165, 1.54) is 40.4 Å². The maximum absolute atomic E-state index is 13.1. The predicted octanol–water partition coefficient (Wildman–Crippen LogP) is 5.60. The minimum atomic E-state index is 0.134. The molecule has 0 unspecified atom stereocenters. The van der Waals surface area contributed by atoms with Crippen molar-refractivity contribution in [2.45, 2.75) is 51.1 Å². The lowest BCUT2D eigenvalue weighted by atomic mass is 9.97. The monoisotopic (exact) mass is 437 g/mol. The lowest BCUT2D eigenvalue weighted by Gasteiger charge is -2.11. The molecule has 0 aromatic carbocycles. The number of carbonyl (C=O) groups is 1. The molecular weight excluding hydrogens is 414 g/mol. The summed E-state index contributed by atoms with van der Waals surface area (Å²) in [5.74, 6) is 1.40. The van der Waals surface area contributed by atoms with Gasteiger partial charge in [0.1, 0.15) is 21.9 Å². The maximum Gasteiger partial charge on any atom is 0.174 e. The quantitative estimate of drug-likeness (QED) is 0.223. The molecule has 4 aromatic heterocycles. The Morgan fingerprint density at radius 1 is 1.27 bits per heavy atom. The number of ketones is 1. The first-order valence-corrected chi connectivity index (χ1v) is 12.0. The van der Waals surface area contributed by atoms with Gasteiger partial charge in [-0.1, -0.05) is 11.8 Å². The van der Waals surface area contributed by atoms with Crippen LogP contribution in [0, 0.1) is 13.8 Å². The van der Waals surface area contributed by atoms with Crippen LogP contribution in [0.25, 0.3) is 10.2 Å². The van der Waals surface area contributed by atoms with Gasteiger partial charge in [-0.3, -0.25) is 4.79 Å². The first-order valence-electron chi connectivity index (χ1n) is 10.2. The smallest absolute Gasteiger partial charge is 0.174 e. The van der Waals surface area contributed by atoms with Gasteiger partial charge in [-0.15, -0.1) is 11.3 Å². The highest BCUT2D eigenvalue weighted by molar-refractivity contribution is 8.00. The van der Waals surface area contributed by atoms with Crippen LogP contribution in [-0.4, -0.2) is 26.1 Å². The van der Waals surface area contributed by atoms with Crippen molar-refractivity contribution in [1.29, 1.82) is 0 Å². The van der Waals surface area contributed by atoms with Gasteiger partial charge in [0.2, 0.25) is 0 Å². The fourth-order valence-electron chi connectivity index (χ4n) is 4.27. The van der Waals surface area contributed by atoms with Crippen molar-refractivity contribution in [3.63, 3.8) is 0 Å². The summed E-state index contributed by atoms with van der Waals surface area (Å²) in [6, 6.07) is 5.83. The van der Waals surface area contributed by atoms with Gasteiger partial charge in [-0.2, -0.15) is 0 Å². The van der Waals surface area contributed by atoms with Gasteiger partial charge >= 0.3 is 0 Å². The van der Waals surface area contributed by atoms with Gasteiger partial charge in [0.25, 0.3) is 0 Å². The summed E-state index contributed by atoms with van der Waals surface area (Å²) < 4.78 is 7.61. The zero-order chi connectivity index (χ0) is 20.7. The summed E-state index contributed by atoms with van der Waals surface area (Å²) in [5, 5.41) is 2.12. The number of carbonyl (C=O) groups excluding carboxylic acids is 1. The maximum atomic E-state index is 13.1. The molecule has 1 aliphatic carbocycles. The summed E-state index contributed by atoms with van der Waals surface area (Å²) >= 11 is 3.33. The molecule has 4 heterocycles. The van der Waals surface area contributed by atoms with E-state index in [2.05, 4.69) is 14.5 Å². The van der Waals surface area contributed by atoms with Gasteiger partial charge in [-0.05, 0) is 63.3 Å². The highest BCUT2D eigenvalue weighted by Gasteiger charge is 2.22. The van der Waals surface area contributed by atoms with Crippen LogP contribution >= 0.6 is 23.1 Å². The predicted molar refractivity (Wildman–Crippen MR) is 121 cm³/mol. The summed E-state index contributed by atoms with van der Waals surface area (Å²) in [4.78, 5) is 24.6. The van der Waals surface area contributed by atoms with Crippen molar-refractivity contribution in [2.75, 3.05) is 5.75 Å². The molecule has 0 bridgehead atoms. The number of fused-ring (bicyclic) bond motifs is 3. The molecule has 0 saturated heterocycles. The molecule has 5 rings (SSSR count). The first kappa shape index (κ1) is 19.6. The Balaban J connectivity index is 1.38. The van der Waals surface area contributed by atoms with E-state index >= 15 is 0 Å². The van der Waals surface area contributed by atoms with Gasteiger partial charge in [0.05, 0.1) is 18.6 Å². The fraction of sp³-hybridized carbons (Fsp3) is 0.348. The molecule has 4 aromatic rings. The van der Waals surface area contributed by atoms with Gasteiger partial charge in [0, 0.05) is 27.2 Å². The summed E-state index contributed by atoms with van der Waals surface area (Å²) in [5.41, 5.74) is 4.24. The molecule has 0 atom stereocenters. The van der Waals surface area contributed by atoms with Crippen LogP contribution in [0.1, 0.15) is 50.8 Å². The molecule has 0 aliphatic heterocycles. The van der Waals surface area contributed by atoms with Gasteiger partial charge in [0.15, 0.2) is 5.78 Å². The molecule has 0 spiro atoms. The van der Waals surface area contributed by atoms with E-state index in [1.54, 1.807) is 23.9 Å². The number of Topliss-reactive ketones (excluding diaryl/α,β-unsaturated/α-hetero) is 1. The molecule has 7 heteroatoms. The van der Waals surface area contributed by atoms with Crippen molar-refractivity contribution >= 4 is 39.1 Å². The standard InChI is InChI=1S/C23H23N3O2S2/c1-14-10-18(15(2)26(14)11-16-6-5-9-28-16)19(27)12-29-22-21-17-7-3-4-8-20(17)30-23(21)25-13-24-22/h5-6,9-10,13H,3-4,7-8,11-12H2,1-2H3. The highest BCUT2D eigenvalue weighted by atomic mass is 32.2. The van der Waals surface area contributed by atoms with Crippen LogP contribution in [-0.2, 0) is 19.4 Å². The number of nitrogens with zero attached hydrogens (tertiary/aromatic N) is 3. The number of hydrogen-bond donors (Lipinski definition) is 0. The number of rotatable bonds is 6. The van der Waals surface area contributed by atoms with E-state index in [4.69, 9.17) is 4.42 Å². The second-order valence-electron chi connectivity index (χ2n) is 7.73. The van der Waals surface area contributed by atoms with Crippen LogP contribution in [0.4, 0.5) is 0 Å². The van der Waals surface area contributed by atoms with E-state index in [1.807, 2.05) is 32.0 Å². The second kappa shape index (κ2) is 8.04. The largest absolute Gasteiger partial charge is 0.467 e. The fourth-order valence-corrected chi connectivity index (χ4v) is 6.47. The van der Waals surface area contributed by atoms with E-state index in [0.29, 0.717) is 12.3 Å². The third kappa shape index (κ3) is 3.50. The number of hydrogen-bond acceptors (Lipinski definition) is 6. The number of aryl methyl sites for hydroxylation is 3. The Labute approximate surface area is 183 Å². The lowest BCUT2D eigenvalue weighted by molar-refractivity contribution is 0.102. The van der Waals surface area contributed by atoms with E-state index < -0.39 is 0 Å². The zero-order valence-corrected chi connectivity index (χ0v) is 18.7. The average Bonchev–Trinajstić information content (AvgIpc) is 3.46. The van der Waals surface area contributed by atoms with Crippen molar-refractivity contribution in [1.82, 2.24) is 14.5 Å². The third-order valence-electron chi connectivity index (χ3n) is 5.82. The first-order chi connectivity index (χ1) is 14.6. The van der Waals surface area contributed by atoms with Crippen LogP contribution in [0.3, 0.4) is 0 Å². The molecular formula is C23H23N3O2S2. The number of thioether (sulfide) groups is 1. The lowest BCUT2D eigenvalue weighted by Crippen LogP contribution is -2.07. The molecule has 0 radical (unpaired) electrons. The van der Waals surface area contributed by atoms with Gasteiger partial charge in [-0.25, -0.2) is 9.97 Å². The molecule has 30 heavy (non-hydrogen) atoms. The summed E-state index contributed by atoms with van der Waals surface area (Å²) in [7, 11) is 0. The Morgan fingerprint density at radius 2 is 2.13 bits per heavy atom. The van der Waals surface area contributed by atoms with Crippen molar-refractivity contribution < 1.29 is 9.21 Å². The van der Waals surface area contributed by atoms with E-state index in [-0.39, 0.29) is 5.78 Å². The van der Waals surface area contributed by atoms with Crippen LogP contribution < -0.4 is 0 Å². The molecule has 154 valence electrons. The number of furan rings is 1. The third-order valence-corrected chi connectivity index (χ3v) is 8.01. The Hall–Kier alpha value is -2.38. The summed E-state index contributed by atoms with van der Waals surface area (Å²) in [6.07, 6.45) is 8.02. The van der Waals surface area contributed by atoms with E-state index in [0.717, 1.165) is 45.4 Å². The molecule has 0 fully saturated rings. The molecule has 0 amide bonds. The molecule has 0 N–H and O–H groups in total. The minimum absolute atomic E-state index is 0.134. The van der Waals surface area contributed by atoms with Crippen LogP contribution in [0.5, 0.6) is 0 Å². The SMILES string of the molecule is Cc1cc(C(=O)CSc2ncnc3sc4c(c23)CCCC4)c(C)n1Cc1ccco1. The van der Waals surface area contributed by atoms with Crippen LogP contribution in [0.2, 0.25) is 0 Å². The Kier molecular flexibility index (Phi) is 5.25. The Bertz CT molecular complexity index is 1220. The number of thiophene rings is 1. The van der Waals surface area contributed by atoms with Gasteiger partial charge < -0.3 is 8.98 Å². The van der Waals surface area contributed by atoms with E-state index in [9.17, 15) is 4.79 Å². The summed E-state index contributed by atoms with van der Waals surface area (Å²) in [6.45, 7) is 4.68. The minimum Gasteiger partial charge on any atom is -0.467 e. The molecule has 5 nitrogen and oxygen atoms in total. The van der Waals surface area contributed by atoms with Crippen molar-refractivity contribution in [3.05, 3.63) is 63.9 Å². The molecule has 0 saturated carbocycles. The topological polar surface area (TPSA) is 60.9 Å². The second-order valence-corrected chi connectivity index (χ2v) is 9.78. The van der Waals surface area contributed by atoms with Crippen molar-refractivity contribution in [3.8, 4) is 0 Å². The normalized spacial score (nSPS) is 13.7. The highest BCUT2D eigenvalue weighted by Crippen LogP contribution is 2.39. The Morgan fingerprint density at radius 3 is 2.97 bits per heavy atom. The zero-order valence-electron chi connectivity index (χ0n) is 17.1. The number of aromatic nitrogens is 3.